The zero-order valence-corrected chi connectivity index (χ0v) is 14.1. The van der Waals surface area contributed by atoms with Crippen LogP contribution in [0.3, 0.4) is 0 Å². The maximum atomic E-state index is 13.6. The van der Waals surface area contributed by atoms with Gasteiger partial charge in [-0.2, -0.15) is 5.26 Å². The van der Waals surface area contributed by atoms with Crippen molar-refractivity contribution in [3.05, 3.63) is 52.5 Å². The van der Waals surface area contributed by atoms with Crippen LogP contribution in [0.2, 0.25) is 0 Å². The Morgan fingerprint density at radius 1 is 1.17 bits per heavy atom. The van der Waals surface area contributed by atoms with Crippen molar-refractivity contribution in [1.82, 2.24) is 0 Å². The topological polar surface area (TPSA) is 50.1 Å². The van der Waals surface area contributed by atoms with E-state index in [9.17, 15) is 13.0 Å². The zero-order chi connectivity index (χ0) is 16.6. The fraction of sp³-hybridized carbons (Fsp3) is 0.188. The monoisotopic (exact) mass is 397 g/mol. The third kappa shape index (κ3) is 3.14. The predicted molar refractivity (Wildman–Crippen MR) is 84.6 cm³/mol. The van der Waals surface area contributed by atoms with E-state index in [2.05, 4.69) is 22.0 Å². The van der Waals surface area contributed by atoms with Gasteiger partial charge in [-0.25, -0.2) is 8.78 Å². The normalized spacial score (nSPS) is 16.4. The molecule has 0 heterocycles. The number of nitrogens with zero attached hydrogens (tertiary/aromatic N) is 1. The van der Waals surface area contributed by atoms with Crippen LogP contribution in [0.1, 0.15) is 12.8 Å². The first-order valence-corrected chi connectivity index (χ1v) is 8.65. The molecule has 1 saturated carbocycles. The average molecular weight is 398 g/mol. The Morgan fingerprint density at radius 2 is 1.87 bits per heavy atom. The van der Waals surface area contributed by atoms with E-state index in [-0.39, 0.29) is 5.75 Å². The van der Waals surface area contributed by atoms with Crippen molar-refractivity contribution in [2.75, 3.05) is 0 Å². The molecule has 0 spiro atoms. The van der Waals surface area contributed by atoms with Gasteiger partial charge in [-0.05, 0) is 59.1 Å². The van der Waals surface area contributed by atoms with Crippen LogP contribution in [0.25, 0.3) is 0 Å². The first-order chi connectivity index (χ1) is 10.9. The Balaban J connectivity index is 1.85. The SMILES string of the molecule is N#CC1(S(=O)c2ccc(Oc3ccc(F)cc3F)c(Br)c2)CC1. The maximum Gasteiger partial charge on any atom is 0.168 e. The van der Waals surface area contributed by atoms with Gasteiger partial charge in [0.05, 0.1) is 21.3 Å². The highest BCUT2D eigenvalue weighted by molar-refractivity contribution is 9.10. The molecule has 1 atom stereocenters. The Morgan fingerprint density at radius 3 is 2.43 bits per heavy atom. The minimum atomic E-state index is -1.43. The number of hydrogen-bond acceptors (Lipinski definition) is 3. The molecule has 7 heteroatoms. The van der Waals surface area contributed by atoms with E-state index in [1.165, 1.54) is 12.1 Å². The molecular formula is C16H10BrF2NO2S. The summed E-state index contributed by atoms with van der Waals surface area (Å²) in [5, 5.41) is 9.11. The van der Waals surface area contributed by atoms with Crippen LogP contribution < -0.4 is 4.74 Å². The Labute approximate surface area is 142 Å². The molecule has 0 saturated heterocycles. The molecule has 0 bridgehead atoms. The second-order valence-corrected chi connectivity index (χ2v) is 7.79. The highest BCUT2D eigenvalue weighted by atomic mass is 79.9. The van der Waals surface area contributed by atoms with Gasteiger partial charge in [0, 0.05) is 11.0 Å². The standard InChI is InChI=1S/C16H10BrF2NO2S/c17-12-8-11(23(21)16(9-20)5-6-16)2-4-14(12)22-15-3-1-10(18)7-13(15)19/h1-4,7-8H,5-6H2. The lowest BCUT2D eigenvalue weighted by Gasteiger charge is -2.11. The number of hydrogen-bond donors (Lipinski definition) is 0. The van der Waals surface area contributed by atoms with E-state index in [1.54, 1.807) is 12.1 Å². The smallest absolute Gasteiger partial charge is 0.168 e. The number of halogens is 3. The highest BCUT2D eigenvalue weighted by Crippen LogP contribution is 2.44. The Kier molecular flexibility index (Phi) is 4.21. The summed E-state index contributed by atoms with van der Waals surface area (Å²) in [6.45, 7) is 0. The van der Waals surface area contributed by atoms with Gasteiger partial charge in [-0.1, -0.05) is 0 Å². The molecule has 2 aromatic rings. The van der Waals surface area contributed by atoms with Crippen molar-refractivity contribution in [1.29, 1.82) is 5.26 Å². The lowest BCUT2D eigenvalue weighted by atomic mass is 10.3. The van der Waals surface area contributed by atoms with Gasteiger partial charge in [0.15, 0.2) is 11.6 Å². The molecule has 0 aliphatic heterocycles. The van der Waals surface area contributed by atoms with Gasteiger partial charge >= 0.3 is 0 Å². The van der Waals surface area contributed by atoms with Gasteiger partial charge in [-0.15, -0.1) is 0 Å². The Bertz CT molecular complexity index is 846. The lowest BCUT2D eigenvalue weighted by molar-refractivity contribution is 0.435. The van der Waals surface area contributed by atoms with Crippen molar-refractivity contribution in [3.8, 4) is 17.6 Å². The van der Waals surface area contributed by atoms with E-state index in [4.69, 9.17) is 10.00 Å². The van der Waals surface area contributed by atoms with Gasteiger partial charge in [-0.3, -0.25) is 4.21 Å². The summed E-state index contributed by atoms with van der Waals surface area (Å²) in [6.07, 6.45) is 1.24. The van der Waals surface area contributed by atoms with E-state index in [0.717, 1.165) is 12.1 Å². The molecule has 0 N–H and O–H groups in total. The molecule has 3 rings (SSSR count). The molecule has 118 valence electrons. The maximum absolute atomic E-state index is 13.6. The van der Waals surface area contributed by atoms with E-state index >= 15 is 0 Å². The number of ether oxygens (including phenoxy) is 1. The predicted octanol–water partition coefficient (Wildman–Crippen LogP) is 4.68. The van der Waals surface area contributed by atoms with Crippen LogP contribution in [0.4, 0.5) is 8.78 Å². The van der Waals surface area contributed by atoms with Crippen LogP contribution in [-0.2, 0) is 10.8 Å². The third-order valence-corrected chi connectivity index (χ3v) is 6.01. The number of nitriles is 1. The van der Waals surface area contributed by atoms with Crippen LogP contribution in [0.5, 0.6) is 11.5 Å². The summed E-state index contributed by atoms with van der Waals surface area (Å²) in [7, 11) is -1.43. The number of benzene rings is 2. The van der Waals surface area contributed by atoms with Crippen LogP contribution in [-0.4, -0.2) is 8.96 Å². The summed E-state index contributed by atoms with van der Waals surface area (Å²) < 4.78 is 44.0. The van der Waals surface area contributed by atoms with Gasteiger partial charge in [0.2, 0.25) is 0 Å². The second-order valence-electron chi connectivity index (χ2n) is 5.14. The minimum Gasteiger partial charge on any atom is -0.453 e. The van der Waals surface area contributed by atoms with Crippen molar-refractivity contribution >= 4 is 26.7 Å². The summed E-state index contributed by atoms with van der Waals surface area (Å²) >= 11 is 3.28. The van der Waals surface area contributed by atoms with Gasteiger partial charge < -0.3 is 4.74 Å². The van der Waals surface area contributed by atoms with Crippen molar-refractivity contribution < 1.29 is 17.7 Å². The third-order valence-electron chi connectivity index (χ3n) is 3.49. The molecule has 2 aromatic carbocycles. The molecule has 1 aliphatic rings. The van der Waals surface area contributed by atoms with Crippen LogP contribution in [0, 0.1) is 23.0 Å². The lowest BCUT2D eigenvalue weighted by Crippen LogP contribution is -2.13. The molecule has 1 aliphatic carbocycles. The quantitative estimate of drug-likeness (QED) is 0.751. The summed E-state index contributed by atoms with van der Waals surface area (Å²) in [6, 6.07) is 9.83. The molecule has 3 nitrogen and oxygen atoms in total. The van der Waals surface area contributed by atoms with E-state index < -0.39 is 27.2 Å². The van der Waals surface area contributed by atoms with E-state index in [1.807, 2.05) is 0 Å². The molecule has 1 unspecified atom stereocenters. The molecule has 0 radical (unpaired) electrons. The Hall–Kier alpha value is -1.78. The average Bonchev–Trinajstić information content (AvgIpc) is 3.32. The summed E-state index contributed by atoms with van der Waals surface area (Å²) in [5.41, 5.74) is 0. The second kappa shape index (κ2) is 6.02. The van der Waals surface area contributed by atoms with Crippen molar-refractivity contribution in [3.63, 3.8) is 0 Å². The molecule has 0 aromatic heterocycles. The van der Waals surface area contributed by atoms with Gasteiger partial charge in [0.25, 0.3) is 0 Å². The largest absolute Gasteiger partial charge is 0.453 e. The molecular weight excluding hydrogens is 388 g/mol. The molecule has 23 heavy (non-hydrogen) atoms. The first kappa shape index (κ1) is 16.1. The summed E-state index contributed by atoms with van der Waals surface area (Å²) in [5.74, 6) is -1.31. The zero-order valence-electron chi connectivity index (χ0n) is 11.7. The summed E-state index contributed by atoms with van der Waals surface area (Å²) in [4.78, 5) is 0.503. The van der Waals surface area contributed by atoms with Gasteiger partial charge in [0.1, 0.15) is 16.3 Å². The molecule has 0 amide bonds. The number of rotatable bonds is 4. The molecule has 1 fully saturated rings. The van der Waals surface area contributed by atoms with Crippen LogP contribution in [0.15, 0.2) is 45.8 Å². The van der Waals surface area contributed by atoms with Crippen molar-refractivity contribution in [2.45, 2.75) is 22.5 Å². The fourth-order valence-electron chi connectivity index (χ4n) is 2.03. The van der Waals surface area contributed by atoms with Crippen LogP contribution >= 0.6 is 15.9 Å². The van der Waals surface area contributed by atoms with E-state index in [0.29, 0.717) is 28.0 Å². The first-order valence-electron chi connectivity index (χ1n) is 6.71. The fourth-order valence-corrected chi connectivity index (χ4v) is 4.07. The minimum absolute atomic E-state index is 0.114. The van der Waals surface area contributed by atoms with Crippen molar-refractivity contribution in [2.24, 2.45) is 0 Å². The highest BCUT2D eigenvalue weighted by Gasteiger charge is 2.50.